The topological polar surface area (TPSA) is 94.2 Å². The standard InChI is InChI=1S/C18H17N3O3S/c19-25(23,24)13-14-6-8-16(9-7-14)20-18(22)15-4-3-5-17(12-15)21-10-1-2-11-21/h1-12H,13H2,(H,20,22)(H2,19,23,24). The van der Waals surface area contributed by atoms with Crippen molar-refractivity contribution in [3.8, 4) is 5.69 Å². The Kier molecular flexibility index (Phi) is 4.69. The molecule has 0 aliphatic carbocycles. The van der Waals surface area contributed by atoms with Gasteiger partial charge in [-0.15, -0.1) is 0 Å². The summed E-state index contributed by atoms with van der Waals surface area (Å²) in [6.07, 6.45) is 3.81. The molecule has 0 spiro atoms. The summed E-state index contributed by atoms with van der Waals surface area (Å²) in [4.78, 5) is 12.4. The van der Waals surface area contributed by atoms with Crippen molar-refractivity contribution in [2.45, 2.75) is 5.75 Å². The minimum absolute atomic E-state index is 0.236. The molecule has 0 unspecified atom stereocenters. The summed E-state index contributed by atoms with van der Waals surface area (Å²) in [7, 11) is -3.57. The van der Waals surface area contributed by atoms with E-state index >= 15 is 0 Å². The lowest BCUT2D eigenvalue weighted by molar-refractivity contribution is 0.102. The van der Waals surface area contributed by atoms with Crippen LogP contribution >= 0.6 is 0 Å². The number of nitrogens with two attached hydrogens (primary N) is 1. The Morgan fingerprint density at radius 3 is 2.32 bits per heavy atom. The second-order valence-electron chi connectivity index (χ2n) is 5.60. The zero-order chi connectivity index (χ0) is 17.9. The highest BCUT2D eigenvalue weighted by molar-refractivity contribution is 7.88. The highest BCUT2D eigenvalue weighted by atomic mass is 32.2. The molecule has 1 aromatic heterocycles. The molecule has 0 saturated heterocycles. The van der Waals surface area contributed by atoms with Crippen LogP contribution in [0.25, 0.3) is 5.69 Å². The van der Waals surface area contributed by atoms with Gasteiger partial charge in [-0.1, -0.05) is 18.2 Å². The molecule has 7 heteroatoms. The maximum Gasteiger partial charge on any atom is 0.255 e. The number of nitrogens with zero attached hydrogens (tertiary/aromatic N) is 1. The number of primary sulfonamides is 1. The first-order valence-electron chi connectivity index (χ1n) is 7.55. The average molecular weight is 355 g/mol. The van der Waals surface area contributed by atoms with Gasteiger partial charge >= 0.3 is 0 Å². The van der Waals surface area contributed by atoms with E-state index < -0.39 is 10.0 Å². The molecule has 128 valence electrons. The molecule has 1 amide bonds. The van der Waals surface area contributed by atoms with E-state index in [2.05, 4.69) is 5.32 Å². The number of hydrogen-bond donors (Lipinski definition) is 2. The Labute approximate surface area is 146 Å². The lowest BCUT2D eigenvalue weighted by Crippen LogP contribution is -2.15. The largest absolute Gasteiger partial charge is 0.324 e. The number of anilines is 1. The molecule has 0 aliphatic rings. The van der Waals surface area contributed by atoms with Crippen molar-refractivity contribution in [1.82, 2.24) is 4.57 Å². The van der Waals surface area contributed by atoms with Gasteiger partial charge in [-0.25, -0.2) is 13.6 Å². The molecule has 2 aromatic carbocycles. The number of rotatable bonds is 5. The maximum absolute atomic E-state index is 12.4. The predicted molar refractivity (Wildman–Crippen MR) is 97.0 cm³/mol. The molecule has 0 aliphatic heterocycles. The molecule has 3 aromatic rings. The van der Waals surface area contributed by atoms with Gasteiger partial charge in [-0.3, -0.25) is 4.79 Å². The predicted octanol–water partition coefficient (Wildman–Crippen LogP) is 2.52. The van der Waals surface area contributed by atoms with Gasteiger partial charge in [0.25, 0.3) is 5.91 Å². The number of hydrogen-bond acceptors (Lipinski definition) is 3. The highest BCUT2D eigenvalue weighted by Crippen LogP contribution is 2.15. The average Bonchev–Trinajstić information content (AvgIpc) is 3.10. The summed E-state index contributed by atoms with van der Waals surface area (Å²) in [5.41, 5.74) is 2.56. The first-order valence-corrected chi connectivity index (χ1v) is 9.26. The number of sulfonamides is 1. The summed E-state index contributed by atoms with van der Waals surface area (Å²) in [5.74, 6) is -0.478. The summed E-state index contributed by atoms with van der Waals surface area (Å²) >= 11 is 0. The molecule has 0 bridgehead atoms. The smallest absolute Gasteiger partial charge is 0.255 e. The molecular weight excluding hydrogens is 338 g/mol. The number of amides is 1. The molecular formula is C18H17N3O3S. The SMILES string of the molecule is NS(=O)(=O)Cc1ccc(NC(=O)c2cccc(-n3cccc3)c2)cc1. The van der Waals surface area contributed by atoms with E-state index in [1.807, 2.05) is 41.2 Å². The Bertz CT molecular complexity index is 979. The number of carbonyl (C=O) groups is 1. The lowest BCUT2D eigenvalue weighted by atomic mass is 10.1. The maximum atomic E-state index is 12.4. The van der Waals surface area contributed by atoms with Gasteiger partial charge in [0.1, 0.15) is 0 Å². The van der Waals surface area contributed by atoms with E-state index in [0.29, 0.717) is 16.8 Å². The minimum atomic E-state index is -3.57. The third-order valence-electron chi connectivity index (χ3n) is 3.59. The summed E-state index contributed by atoms with van der Waals surface area (Å²) in [6, 6.07) is 17.6. The fourth-order valence-electron chi connectivity index (χ4n) is 2.43. The summed E-state index contributed by atoms with van der Waals surface area (Å²) < 4.78 is 24.1. The molecule has 6 nitrogen and oxygen atoms in total. The molecule has 0 fully saturated rings. The van der Waals surface area contributed by atoms with Crippen LogP contribution in [0.4, 0.5) is 5.69 Å². The van der Waals surface area contributed by atoms with Crippen LogP contribution in [0, 0.1) is 0 Å². The number of benzene rings is 2. The van der Waals surface area contributed by atoms with Crippen molar-refractivity contribution < 1.29 is 13.2 Å². The van der Waals surface area contributed by atoms with Crippen molar-refractivity contribution in [2.75, 3.05) is 5.32 Å². The number of aromatic nitrogens is 1. The van der Waals surface area contributed by atoms with E-state index in [9.17, 15) is 13.2 Å². The molecule has 1 heterocycles. The Hall–Kier alpha value is -2.90. The minimum Gasteiger partial charge on any atom is -0.324 e. The third kappa shape index (κ3) is 4.56. The van der Waals surface area contributed by atoms with Gasteiger partial charge in [0, 0.05) is 29.3 Å². The number of carbonyl (C=O) groups excluding carboxylic acids is 1. The Balaban J connectivity index is 1.73. The monoisotopic (exact) mass is 355 g/mol. The highest BCUT2D eigenvalue weighted by Gasteiger charge is 2.09. The van der Waals surface area contributed by atoms with Crippen molar-refractivity contribution in [1.29, 1.82) is 0 Å². The second-order valence-corrected chi connectivity index (χ2v) is 7.21. The first-order chi connectivity index (χ1) is 11.9. The van der Waals surface area contributed by atoms with Crippen molar-refractivity contribution >= 4 is 21.6 Å². The number of nitrogens with one attached hydrogen (secondary N) is 1. The summed E-state index contributed by atoms with van der Waals surface area (Å²) in [6.45, 7) is 0. The summed E-state index contributed by atoms with van der Waals surface area (Å²) in [5, 5.41) is 7.81. The molecule has 25 heavy (non-hydrogen) atoms. The lowest BCUT2D eigenvalue weighted by Gasteiger charge is -2.08. The van der Waals surface area contributed by atoms with E-state index in [0.717, 1.165) is 5.69 Å². The van der Waals surface area contributed by atoms with Crippen LogP contribution in [0.15, 0.2) is 73.1 Å². The molecule has 3 N–H and O–H groups in total. The van der Waals surface area contributed by atoms with Gasteiger partial charge in [0.2, 0.25) is 10.0 Å². The van der Waals surface area contributed by atoms with Crippen molar-refractivity contribution in [3.05, 3.63) is 84.2 Å². The van der Waals surface area contributed by atoms with E-state index in [1.54, 1.807) is 36.4 Å². The van der Waals surface area contributed by atoms with Crippen LogP contribution in [-0.2, 0) is 15.8 Å². The van der Waals surface area contributed by atoms with Crippen LogP contribution in [0.3, 0.4) is 0 Å². The van der Waals surface area contributed by atoms with Gasteiger partial charge in [0.15, 0.2) is 0 Å². The Morgan fingerprint density at radius 1 is 1.00 bits per heavy atom. The van der Waals surface area contributed by atoms with Gasteiger partial charge in [0.05, 0.1) is 5.75 Å². The van der Waals surface area contributed by atoms with E-state index in [4.69, 9.17) is 5.14 Å². The van der Waals surface area contributed by atoms with Crippen LogP contribution in [0.5, 0.6) is 0 Å². The zero-order valence-electron chi connectivity index (χ0n) is 13.3. The van der Waals surface area contributed by atoms with Crippen LogP contribution in [0.2, 0.25) is 0 Å². The van der Waals surface area contributed by atoms with Crippen LogP contribution in [0.1, 0.15) is 15.9 Å². The fraction of sp³-hybridized carbons (Fsp3) is 0.0556. The fourth-order valence-corrected chi connectivity index (χ4v) is 3.09. The molecule has 0 saturated carbocycles. The van der Waals surface area contributed by atoms with Crippen molar-refractivity contribution in [2.24, 2.45) is 5.14 Å². The van der Waals surface area contributed by atoms with Gasteiger partial charge in [-0.2, -0.15) is 0 Å². The quantitative estimate of drug-likeness (QED) is 0.736. The third-order valence-corrected chi connectivity index (χ3v) is 4.33. The molecule has 0 atom stereocenters. The van der Waals surface area contributed by atoms with E-state index in [1.165, 1.54) is 0 Å². The van der Waals surface area contributed by atoms with Crippen LogP contribution < -0.4 is 10.5 Å². The Morgan fingerprint density at radius 2 is 1.68 bits per heavy atom. The normalized spacial score (nSPS) is 11.2. The van der Waals surface area contributed by atoms with E-state index in [-0.39, 0.29) is 11.7 Å². The zero-order valence-corrected chi connectivity index (χ0v) is 14.1. The van der Waals surface area contributed by atoms with Crippen molar-refractivity contribution in [3.63, 3.8) is 0 Å². The molecule has 3 rings (SSSR count). The molecule has 0 radical (unpaired) electrons. The van der Waals surface area contributed by atoms with Gasteiger partial charge in [-0.05, 0) is 48.0 Å². The second kappa shape index (κ2) is 6.92. The van der Waals surface area contributed by atoms with Crippen LogP contribution in [-0.4, -0.2) is 18.9 Å². The first kappa shape index (κ1) is 16.9. The van der Waals surface area contributed by atoms with Gasteiger partial charge < -0.3 is 9.88 Å².